The lowest BCUT2D eigenvalue weighted by molar-refractivity contribution is -0.133. The van der Waals surface area contributed by atoms with Gasteiger partial charge in [0.1, 0.15) is 5.82 Å². The zero-order valence-corrected chi connectivity index (χ0v) is 16.4. The van der Waals surface area contributed by atoms with Crippen molar-refractivity contribution < 1.29 is 9.18 Å². The number of amides is 1. The summed E-state index contributed by atoms with van der Waals surface area (Å²) in [6.07, 6.45) is 5.25. The van der Waals surface area contributed by atoms with E-state index in [9.17, 15) is 9.18 Å². The van der Waals surface area contributed by atoms with Crippen LogP contribution in [0.2, 0.25) is 0 Å². The van der Waals surface area contributed by atoms with E-state index in [4.69, 9.17) is 0 Å². The molecule has 3 saturated heterocycles. The lowest BCUT2D eigenvalue weighted by Gasteiger charge is -2.37. The molecule has 0 N–H and O–H groups in total. The molecule has 3 fully saturated rings. The van der Waals surface area contributed by atoms with Crippen LogP contribution < -0.4 is 0 Å². The standard InChI is InChI=1S/C22H32FN3O/c1-2-24-11-9-20(10-12-24)25-15-18-6-4-8-22(27)26(21(18)16-25)14-17-5-3-7-19(23)13-17/h3,5,7,13,18,20-21H,2,4,6,8-12,14-16H2,1H3/t18-,21+/m1/s1. The average molecular weight is 374 g/mol. The second kappa shape index (κ2) is 8.27. The Morgan fingerprint density at radius 2 is 1.96 bits per heavy atom. The van der Waals surface area contributed by atoms with Gasteiger partial charge in [-0.3, -0.25) is 9.69 Å². The predicted molar refractivity (Wildman–Crippen MR) is 105 cm³/mol. The SMILES string of the molecule is CCN1CCC(N2C[C@H]3CCCC(=O)N(Cc4cccc(F)c4)[C@H]3C2)CC1. The molecule has 5 heteroatoms. The third kappa shape index (κ3) is 4.19. The fourth-order valence-corrected chi connectivity index (χ4v) is 5.30. The highest BCUT2D eigenvalue weighted by Crippen LogP contribution is 2.34. The van der Waals surface area contributed by atoms with Crippen molar-refractivity contribution in [1.29, 1.82) is 0 Å². The molecule has 4 rings (SSSR count). The molecular formula is C22H32FN3O. The summed E-state index contributed by atoms with van der Waals surface area (Å²) in [5.41, 5.74) is 0.902. The van der Waals surface area contributed by atoms with Crippen LogP contribution in [0.25, 0.3) is 0 Å². The van der Waals surface area contributed by atoms with Gasteiger partial charge >= 0.3 is 0 Å². The molecule has 0 saturated carbocycles. The Morgan fingerprint density at radius 3 is 2.70 bits per heavy atom. The summed E-state index contributed by atoms with van der Waals surface area (Å²) in [5, 5.41) is 0. The molecule has 1 amide bonds. The zero-order valence-electron chi connectivity index (χ0n) is 16.4. The first-order valence-electron chi connectivity index (χ1n) is 10.6. The first-order chi connectivity index (χ1) is 13.1. The lowest BCUT2D eigenvalue weighted by atomic mass is 9.98. The normalized spacial score (nSPS) is 28.4. The Balaban J connectivity index is 1.46. The van der Waals surface area contributed by atoms with Crippen molar-refractivity contribution in [2.75, 3.05) is 32.7 Å². The fourth-order valence-electron chi connectivity index (χ4n) is 5.30. The first-order valence-corrected chi connectivity index (χ1v) is 10.6. The third-order valence-corrected chi connectivity index (χ3v) is 6.88. The Hall–Kier alpha value is -1.46. The Bertz CT molecular complexity index is 659. The molecule has 27 heavy (non-hydrogen) atoms. The second-order valence-corrected chi connectivity index (χ2v) is 8.49. The van der Waals surface area contributed by atoms with Crippen LogP contribution in [-0.4, -0.2) is 65.4 Å². The van der Waals surface area contributed by atoms with Crippen LogP contribution in [-0.2, 0) is 11.3 Å². The van der Waals surface area contributed by atoms with Crippen LogP contribution in [0.1, 0.15) is 44.6 Å². The maximum absolute atomic E-state index is 13.6. The minimum atomic E-state index is -0.220. The number of hydrogen-bond donors (Lipinski definition) is 0. The van der Waals surface area contributed by atoms with Crippen molar-refractivity contribution in [1.82, 2.24) is 14.7 Å². The van der Waals surface area contributed by atoms with E-state index in [0.717, 1.165) is 38.0 Å². The van der Waals surface area contributed by atoms with Gasteiger partial charge in [-0.2, -0.15) is 0 Å². The molecule has 1 aromatic rings. The number of likely N-dealkylation sites (tertiary alicyclic amines) is 3. The monoisotopic (exact) mass is 373 g/mol. The van der Waals surface area contributed by atoms with Crippen LogP contribution >= 0.6 is 0 Å². The van der Waals surface area contributed by atoms with E-state index in [-0.39, 0.29) is 17.8 Å². The van der Waals surface area contributed by atoms with E-state index in [0.29, 0.717) is 24.9 Å². The molecule has 1 aromatic carbocycles. The van der Waals surface area contributed by atoms with Crippen LogP contribution in [0.3, 0.4) is 0 Å². The molecule has 3 heterocycles. The summed E-state index contributed by atoms with van der Waals surface area (Å²) < 4.78 is 13.6. The number of nitrogens with zero attached hydrogens (tertiary/aromatic N) is 3. The highest BCUT2D eigenvalue weighted by molar-refractivity contribution is 5.77. The molecule has 0 bridgehead atoms. The number of hydrogen-bond acceptors (Lipinski definition) is 3. The van der Waals surface area contributed by atoms with E-state index >= 15 is 0 Å². The lowest BCUT2D eigenvalue weighted by Crippen LogP contribution is -2.46. The molecule has 0 radical (unpaired) electrons. The summed E-state index contributed by atoms with van der Waals surface area (Å²) in [4.78, 5) is 20.1. The minimum Gasteiger partial charge on any atom is -0.334 e. The van der Waals surface area contributed by atoms with Crippen molar-refractivity contribution in [2.24, 2.45) is 5.92 Å². The molecule has 148 valence electrons. The number of carbonyl (C=O) groups excluding carboxylic acids is 1. The molecule has 0 aromatic heterocycles. The average Bonchev–Trinajstić information content (AvgIpc) is 3.04. The number of halogens is 1. The molecular weight excluding hydrogens is 341 g/mol. The smallest absolute Gasteiger partial charge is 0.223 e. The van der Waals surface area contributed by atoms with Gasteiger partial charge in [-0.1, -0.05) is 19.1 Å². The third-order valence-electron chi connectivity index (χ3n) is 6.88. The Kier molecular flexibility index (Phi) is 5.79. The van der Waals surface area contributed by atoms with Crippen molar-refractivity contribution in [3.05, 3.63) is 35.6 Å². The fraction of sp³-hybridized carbons (Fsp3) is 0.682. The minimum absolute atomic E-state index is 0.220. The second-order valence-electron chi connectivity index (χ2n) is 8.49. The summed E-state index contributed by atoms with van der Waals surface area (Å²) in [7, 11) is 0. The van der Waals surface area contributed by atoms with Crippen molar-refractivity contribution in [2.45, 2.75) is 57.7 Å². The highest BCUT2D eigenvalue weighted by Gasteiger charge is 2.42. The number of piperidine rings is 1. The maximum atomic E-state index is 13.6. The molecule has 0 unspecified atom stereocenters. The van der Waals surface area contributed by atoms with Gasteiger partial charge in [0.25, 0.3) is 0 Å². The number of rotatable bonds is 4. The van der Waals surface area contributed by atoms with E-state index in [1.807, 2.05) is 6.07 Å². The maximum Gasteiger partial charge on any atom is 0.223 e. The molecule has 2 atom stereocenters. The number of benzene rings is 1. The number of fused-ring (bicyclic) bond motifs is 1. The zero-order chi connectivity index (χ0) is 18.8. The molecule has 3 aliphatic rings. The van der Waals surface area contributed by atoms with Crippen LogP contribution in [0, 0.1) is 11.7 Å². The summed E-state index contributed by atoms with van der Waals surface area (Å²) in [6.45, 7) is 8.42. The van der Waals surface area contributed by atoms with Gasteiger partial charge in [0, 0.05) is 38.1 Å². The van der Waals surface area contributed by atoms with E-state index in [1.54, 1.807) is 12.1 Å². The highest BCUT2D eigenvalue weighted by atomic mass is 19.1. The van der Waals surface area contributed by atoms with Gasteiger partial charge in [-0.05, 0) is 68.9 Å². The van der Waals surface area contributed by atoms with Gasteiger partial charge in [0.15, 0.2) is 0 Å². The molecule has 4 nitrogen and oxygen atoms in total. The van der Waals surface area contributed by atoms with Crippen LogP contribution in [0.4, 0.5) is 4.39 Å². The van der Waals surface area contributed by atoms with Gasteiger partial charge in [0.05, 0.1) is 0 Å². The summed E-state index contributed by atoms with van der Waals surface area (Å²) >= 11 is 0. The quantitative estimate of drug-likeness (QED) is 0.811. The molecule has 0 aliphatic carbocycles. The Labute approximate surface area is 162 Å². The van der Waals surface area contributed by atoms with E-state index < -0.39 is 0 Å². The topological polar surface area (TPSA) is 26.8 Å². The Morgan fingerprint density at radius 1 is 1.15 bits per heavy atom. The van der Waals surface area contributed by atoms with Crippen LogP contribution in [0.5, 0.6) is 0 Å². The van der Waals surface area contributed by atoms with E-state index in [2.05, 4.69) is 21.6 Å². The molecule has 0 spiro atoms. The van der Waals surface area contributed by atoms with Gasteiger partial charge < -0.3 is 9.80 Å². The van der Waals surface area contributed by atoms with Gasteiger partial charge in [0.2, 0.25) is 5.91 Å². The van der Waals surface area contributed by atoms with Gasteiger partial charge in [-0.15, -0.1) is 0 Å². The summed E-state index contributed by atoms with van der Waals surface area (Å²) in [6, 6.07) is 7.66. The van der Waals surface area contributed by atoms with Crippen molar-refractivity contribution in [3.8, 4) is 0 Å². The van der Waals surface area contributed by atoms with Crippen molar-refractivity contribution in [3.63, 3.8) is 0 Å². The predicted octanol–water partition coefficient (Wildman–Crippen LogP) is 3.12. The largest absolute Gasteiger partial charge is 0.334 e. The molecule has 3 aliphatic heterocycles. The van der Waals surface area contributed by atoms with E-state index in [1.165, 1.54) is 32.0 Å². The van der Waals surface area contributed by atoms with Gasteiger partial charge in [-0.25, -0.2) is 4.39 Å². The first kappa shape index (κ1) is 18.9. The summed E-state index contributed by atoms with van der Waals surface area (Å²) in [5.74, 6) is 0.589. The van der Waals surface area contributed by atoms with Crippen molar-refractivity contribution >= 4 is 5.91 Å². The van der Waals surface area contributed by atoms with Crippen LogP contribution in [0.15, 0.2) is 24.3 Å². The number of carbonyl (C=O) groups is 1.